The summed E-state index contributed by atoms with van der Waals surface area (Å²) in [5, 5.41) is 11.9. The van der Waals surface area contributed by atoms with E-state index in [2.05, 4.69) is 5.32 Å². The lowest BCUT2D eigenvalue weighted by atomic mass is 9.94. The van der Waals surface area contributed by atoms with Gasteiger partial charge in [0.15, 0.2) is 6.10 Å². The highest BCUT2D eigenvalue weighted by Crippen LogP contribution is 2.24. The molecule has 0 saturated heterocycles. The highest BCUT2D eigenvalue weighted by atomic mass is 35.5. The van der Waals surface area contributed by atoms with Crippen molar-refractivity contribution in [2.75, 3.05) is 6.54 Å². The predicted molar refractivity (Wildman–Crippen MR) is 76.0 cm³/mol. The molecule has 0 aliphatic heterocycles. The molecule has 0 aliphatic carbocycles. The number of carboxylic acids is 1. The van der Waals surface area contributed by atoms with Crippen molar-refractivity contribution in [3.63, 3.8) is 0 Å². The van der Waals surface area contributed by atoms with E-state index in [0.29, 0.717) is 10.8 Å². The summed E-state index contributed by atoms with van der Waals surface area (Å²) in [6, 6.07) is 6.83. The number of hydrogen-bond donors (Lipinski definition) is 2. The van der Waals surface area contributed by atoms with E-state index in [0.717, 1.165) is 0 Å². The van der Waals surface area contributed by atoms with E-state index >= 15 is 0 Å². The van der Waals surface area contributed by atoms with Crippen molar-refractivity contribution in [1.29, 1.82) is 0 Å². The van der Waals surface area contributed by atoms with Gasteiger partial charge in [-0.2, -0.15) is 0 Å². The van der Waals surface area contributed by atoms with E-state index in [-0.39, 0.29) is 12.5 Å². The standard InChI is InChI=1S/C14H18ClNO4/c1-9(20-11-7-5-4-6-10(11)15)12(17)16-8-14(2,3)13(18)19/h4-7,9H,8H2,1-3H3,(H,16,17)(H,18,19). The van der Waals surface area contributed by atoms with E-state index in [1.807, 2.05) is 0 Å². The normalized spacial score (nSPS) is 12.6. The fraction of sp³-hybridized carbons (Fsp3) is 0.429. The lowest BCUT2D eigenvalue weighted by molar-refractivity contribution is -0.147. The Morgan fingerprint density at radius 2 is 2.00 bits per heavy atom. The molecular formula is C14H18ClNO4. The lowest BCUT2D eigenvalue weighted by Crippen LogP contribution is -2.43. The largest absolute Gasteiger partial charge is 0.481 e. The van der Waals surface area contributed by atoms with Crippen molar-refractivity contribution >= 4 is 23.5 Å². The van der Waals surface area contributed by atoms with E-state index in [9.17, 15) is 9.59 Å². The van der Waals surface area contributed by atoms with Crippen LogP contribution >= 0.6 is 11.6 Å². The summed E-state index contributed by atoms with van der Waals surface area (Å²) in [7, 11) is 0. The van der Waals surface area contributed by atoms with Gasteiger partial charge in [-0.1, -0.05) is 23.7 Å². The molecule has 0 spiro atoms. The number of rotatable bonds is 6. The molecule has 1 rings (SSSR count). The molecule has 6 heteroatoms. The summed E-state index contributed by atoms with van der Waals surface area (Å²) in [4.78, 5) is 22.8. The van der Waals surface area contributed by atoms with Crippen LogP contribution in [0.3, 0.4) is 0 Å². The first-order valence-electron chi connectivity index (χ1n) is 6.16. The Morgan fingerprint density at radius 3 is 2.55 bits per heavy atom. The number of aliphatic carboxylic acids is 1. The summed E-state index contributed by atoms with van der Waals surface area (Å²) in [5.41, 5.74) is -1.03. The summed E-state index contributed by atoms with van der Waals surface area (Å²) in [5.74, 6) is -0.953. The highest BCUT2D eigenvalue weighted by Gasteiger charge is 2.28. The number of para-hydroxylation sites is 1. The Balaban J connectivity index is 2.56. The average Bonchev–Trinajstić information content (AvgIpc) is 2.38. The molecule has 0 aromatic heterocycles. The first-order valence-corrected chi connectivity index (χ1v) is 6.54. The zero-order chi connectivity index (χ0) is 15.3. The minimum absolute atomic E-state index is 0.0252. The molecule has 0 saturated carbocycles. The maximum Gasteiger partial charge on any atom is 0.310 e. The van der Waals surface area contributed by atoms with Crippen molar-refractivity contribution in [2.24, 2.45) is 5.41 Å². The molecule has 0 heterocycles. The van der Waals surface area contributed by atoms with Crippen LogP contribution in [-0.2, 0) is 9.59 Å². The summed E-state index contributed by atoms with van der Waals surface area (Å²) >= 11 is 5.93. The van der Waals surface area contributed by atoms with Crippen molar-refractivity contribution in [3.8, 4) is 5.75 Å². The zero-order valence-corrected chi connectivity index (χ0v) is 12.4. The molecule has 0 bridgehead atoms. The van der Waals surface area contributed by atoms with Gasteiger partial charge in [0.1, 0.15) is 5.75 Å². The van der Waals surface area contributed by atoms with E-state index in [4.69, 9.17) is 21.4 Å². The van der Waals surface area contributed by atoms with Crippen molar-refractivity contribution < 1.29 is 19.4 Å². The Bertz CT molecular complexity index is 502. The third-order valence-electron chi connectivity index (χ3n) is 2.79. The molecule has 1 atom stereocenters. The van der Waals surface area contributed by atoms with Crippen molar-refractivity contribution in [3.05, 3.63) is 29.3 Å². The molecular weight excluding hydrogens is 282 g/mol. The fourth-order valence-electron chi connectivity index (χ4n) is 1.31. The van der Waals surface area contributed by atoms with Gasteiger partial charge in [0.05, 0.1) is 10.4 Å². The smallest absolute Gasteiger partial charge is 0.310 e. The minimum Gasteiger partial charge on any atom is -0.481 e. The summed E-state index contributed by atoms with van der Waals surface area (Å²) in [6.07, 6.45) is -0.764. The van der Waals surface area contributed by atoms with E-state index in [1.165, 1.54) is 13.8 Å². The maximum atomic E-state index is 11.9. The number of hydrogen-bond acceptors (Lipinski definition) is 3. The van der Waals surface area contributed by atoms with Gasteiger partial charge in [0.2, 0.25) is 0 Å². The zero-order valence-electron chi connectivity index (χ0n) is 11.6. The molecule has 0 fully saturated rings. The third-order valence-corrected chi connectivity index (χ3v) is 3.11. The Morgan fingerprint density at radius 1 is 1.40 bits per heavy atom. The van der Waals surface area contributed by atoms with Crippen LogP contribution < -0.4 is 10.1 Å². The van der Waals surface area contributed by atoms with Gasteiger partial charge in [-0.05, 0) is 32.9 Å². The van der Waals surface area contributed by atoms with Crippen LogP contribution in [0.2, 0.25) is 5.02 Å². The van der Waals surface area contributed by atoms with Gasteiger partial charge in [-0.25, -0.2) is 0 Å². The second-order valence-corrected chi connectivity index (χ2v) is 5.50. The molecule has 1 aromatic rings. The number of nitrogens with one attached hydrogen (secondary N) is 1. The Kier molecular flexibility index (Phi) is 5.39. The number of carbonyl (C=O) groups is 2. The molecule has 1 amide bonds. The number of carbonyl (C=O) groups excluding carboxylic acids is 1. The Hall–Kier alpha value is -1.75. The monoisotopic (exact) mass is 299 g/mol. The number of amides is 1. The SMILES string of the molecule is CC(Oc1ccccc1Cl)C(=O)NCC(C)(C)C(=O)O. The molecule has 20 heavy (non-hydrogen) atoms. The molecule has 1 unspecified atom stereocenters. The lowest BCUT2D eigenvalue weighted by Gasteiger charge is -2.21. The van der Waals surface area contributed by atoms with Gasteiger partial charge in [-0.3, -0.25) is 9.59 Å². The van der Waals surface area contributed by atoms with Gasteiger partial charge in [-0.15, -0.1) is 0 Å². The summed E-state index contributed by atoms with van der Waals surface area (Å²) in [6.45, 7) is 4.67. The van der Waals surface area contributed by atoms with Gasteiger partial charge >= 0.3 is 5.97 Å². The van der Waals surface area contributed by atoms with Crippen LogP contribution in [0.4, 0.5) is 0 Å². The molecule has 110 valence electrons. The van der Waals surface area contributed by atoms with Crippen LogP contribution in [0.15, 0.2) is 24.3 Å². The number of halogens is 1. The van der Waals surface area contributed by atoms with E-state index in [1.54, 1.807) is 31.2 Å². The second kappa shape index (κ2) is 6.61. The molecule has 5 nitrogen and oxygen atoms in total. The second-order valence-electron chi connectivity index (χ2n) is 5.10. The predicted octanol–water partition coefficient (Wildman–Crippen LogP) is 2.33. The van der Waals surface area contributed by atoms with Crippen LogP contribution in [-0.4, -0.2) is 29.6 Å². The van der Waals surface area contributed by atoms with Gasteiger partial charge in [0.25, 0.3) is 5.91 Å². The minimum atomic E-state index is -1.03. The Labute approximate surface area is 122 Å². The summed E-state index contributed by atoms with van der Waals surface area (Å²) < 4.78 is 5.44. The highest BCUT2D eigenvalue weighted by molar-refractivity contribution is 6.32. The number of ether oxygens (including phenoxy) is 1. The van der Waals surface area contributed by atoms with Crippen LogP contribution in [0.5, 0.6) is 5.75 Å². The van der Waals surface area contributed by atoms with Crippen molar-refractivity contribution in [2.45, 2.75) is 26.9 Å². The van der Waals surface area contributed by atoms with Crippen molar-refractivity contribution in [1.82, 2.24) is 5.32 Å². The van der Waals surface area contributed by atoms with E-state index < -0.39 is 17.5 Å². The van der Waals surface area contributed by atoms with Crippen LogP contribution in [0.1, 0.15) is 20.8 Å². The average molecular weight is 300 g/mol. The van der Waals surface area contributed by atoms with Crippen LogP contribution in [0, 0.1) is 5.41 Å². The molecule has 0 radical (unpaired) electrons. The third kappa shape index (κ3) is 4.42. The topological polar surface area (TPSA) is 75.6 Å². The van der Waals surface area contributed by atoms with Crippen LogP contribution in [0.25, 0.3) is 0 Å². The first-order chi connectivity index (χ1) is 9.24. The maximum absolute atomic E-state index is 11.9. The molecule has 1 aromatic carbocycles. The fourth-order valence-corrected chi connectivity index (χ4v) is 1.49. The molecule has 2 N–H and O–H groups in total. The number of benzene rings is 1. The quantitative estimate of drug-likeness (QED) is 0.845. The number of carboxylic acid groups (broad SMARTS) is 1. The molecule has 0 aliphatic rings. The first kappa shape index (κ1) is 16.3. The van der Waals surface area contributed by atoms with Gasteiger partial charge < -0.3 is 15.2 Å². The van der Waals surface area contributed by atoms with Gasteiger partial charge in [0, 0.05) is 6.54 Å².